The summed E-state index contributed by atoms with van der Waals surface area (Å²) in [5, 5.41) is 5.69. The van der Waals surface area contributed by atoms with Crippen molar-refractivity contribution in [1.29, 1.82) is 0 Å². The van der Waals surface area contributed by atoms with Crippen LogP contribution >= 0.6 is 0 Å². The molecule has 3 aliphatic carbocycles. The van der Waals surface area contributed by atoms with E-state index in [-0.39, 0.29) is 29.0 Å². The van der Waals surface area contributed by atoms with Gasteiger partial charge in [-0.1, -0.05) is 27.7 Å². The molecule has 2 bridgehead atoms. The lowest BCUT2D eigenvalue weighted by Crippen LogP contribution is -2.65. The summed E-state index contributed by atoms with van der Waals surface area (Å²) < 4.78 is 18.2. The first-order valence-electron chi connectivity index (χ1n) is 11.8. The van der Waals surface area contributed by atoms with E-state index >= 15 is 0 Å². The smallest absolute Gasteiger partial charge is 0.444 e. The third-order valence-corrected chi connectivity index (χ3v) is 7.48. The highest BCUT2D eigenvalue weighted by atomic mass is 16.7. The van der Waals surface area contributed by atoms with Crippen LogP contribution in [0.25, 0.3) is 0 Å². The molecule has 6 atom stereocenters. The van der Waals surface area contributed by atoms with Gasteiger partial charge in [-0.15, -0.1) is 0 Å². The van der Waals surface area contributed by atoms with Crippen LogP contribution in [0.15, 0.2) is 0 Å². The molecule has 3 saturated carbocycles. The second kappa shape index (κ2) is 8.25. The lowest BCUT2D eigenvalue weighted by molar-refractivity contribution is -0.199. The van der Waals surface area contributed by atoms with Crippen molar-refractivity contribution in [2.24, 2.45) is 23.2 Å². The molecule has 0 radical (unpaired) electrons. The first kappa shape index (κ1) is 24.4. The second-order valence-corrected chi connectivity index (χ2v) is 11.9. The van der Waals surface area contributed by atoms with Gasteiger partial charge in [-0.25, -0.2) is 4.79 Å². The zero-order chi connectivity index (χ0) is 23.4. The van der Waals surface area contributed by atoms with Crippen molar-refractivity contribution in [2.75, 3.05) is 0 Å². The molecule has 176 valence electrons. The Kier molecular flexibility index (Phi) is 6.49. The van der Waals surface area contributed by atoms with Gasteiger partial charge in [0.05, 0.1) is 17.6 Å². The van der Waals surface area contributed by atoms with Gasteiger partial charge in [-0.3, -0.25) is 4.79 Å². The molecule has 1 heterocycles. The van der Waals surface area contributed by atoms with E-state index in [2.05, 4.69) is 45.3 Å². The average molecular weight is 436 g/mol. The lowest BCUT2D eigenvalue weighted by Gasteiger charge is -2.64. The Morgan fingerprint density at radius 1 is 1.13 bits per heavy atom. The van der Waals surface area contributed by atoms with Crippen LogP contribution < -0.4 is 10.6 Å². The molecule has 4 aliphatic rings. The SMILES string of the molecule is CC(C)C[C@H](NC(=O)[C@H](C)NC(=O)OC(C)(C)C)B1O[C@@H]2C[C@@H]3C[C@@H](C3(C)C)[C@]2(C)O1. The van der Waals surface area contributed by atoms with E-state index < -0.39 is 24.9 Å². The Bertz CT molecular complexity index is 707. The van der Waals surface area contributed by atoms with E-state index in [1.165, 1.54) is 6.42 Å². The van der Waals surface area contributed by atoms with Gasteiger partial charge >= 0.3 is 13.2 Å². The molecule has 8 heteroatoms. The summed E-state index contributed by atoms with van der Waals surface area (Å²) in [6.07, 6.45) is 2.39. The van der Waals surface area contributed by atoms with Gasteiger partial charge in [0.1, 0.15) is 11.6 Å². The van der Waals surface area contributed by atoms with Crippen molar-refractivity contribution in [1.82, 2.24) is 10.6 Å². The number of rotatable bonds is 6. The van der Waals surface area contributed by atoms with Crippen LogP contribution in [0, 0.1) is 23.2 Å². The van der Waals surface area contributed by atoms with Crippen LogP contribution in [0.1, 0.15) is 81.6 Å². The van der Waals surface area contributed by atoms with Crippen LogP contribution in [-0.4, -0.2) is 48.4 Å². The maximum atomic E-state index is 12.9. The third-order valence-electron chi connectivity index (χ3n) is 7.48. The van der Waals surface area contributed by atoms with Crippen LogP contribution in [0.5, 0.6) is 0 Å². The summed E-state index contributed by atoms with van der Waals surface area (Å²) in [6.45, 7) is 18.1. The lowest BCUT2D eigenvalue weighted by atomic mass is 9.43. The number of ether oxygens (including phenoxy) is 1. The number of carbonyl (C=O) groups excluding carboxylic acids is 2. The van der Waals surface area contributed by atoms with E-state index in [4.69, 9.17) is 14.0 Å². The number of carbonyl (C=O) groups is 2. The minimum absolute atomic E-state index is 0.0677. The number of hydrogen-bond acceptors (Lipinski definition) is 5. The van der Waals surface area contributed by atoms with E-state index in [0.717, 1.165) is 12.8 Å². The molecule has 7 nitrogen and oxygen atoms in total. The summed E-state index contributed by atoms with van der Waals surface area (Å²) in [7, 11) is -0.481. The van der Waals surface area contributed by atoms with Crippen molar-refractivity contribution < 1.29 is 23.6 Å². The molecule has 2 amide bonds. The fourth-order valence-electron chi connectivity index (χ4n) is 5.67. The first-order valence-corrected chi connectivity index (χ1v) is 11.8. The summed E-state index contributed by atoms with van der Waals surface area (Å²) in [4.78, 5) is 24.9. The number of alkyl carbamates (subject to hydrolysis) is 1. The van der Waals surface area contributed by atoms with Crippen molar-refractivity contribution in [3.63, 3.8) is 0 Å². The quantitative estimate of drug-likeness (QED) is 0.621. The van der Waals surface area contributed by atoms with Gasteiger partial charge in [-0.05, 0) is 77.0 Å². The molecule has 0 unspecified atom stereocenters. The fraction of sp³-hybridized carbons (Fsp3) is 0.913. The third kappa shape index (κ3) is 4.90. The maximum absolute atomic E-state index is 12.9. The number of nitrogens with one attached hydrogen (secondary N) is 2. The zero-order valence-electron chi connectivity index (χ0n) is 20.7. The van der Waals surface area contributed by atoms with Crippen molar-refractivity contribution in [3.05, 3.63) is 0 Å². The molecule has 0 aromatic heterocycles. The minimum Gasteiger partial charge on any atom is -0.444 e. The van der Waals surface area contributed by atoms with E-state index in [9.17, 15) is 9.59 Å². The summed E-state index contributed by atoms with van der Waals surface area (Å²) in [5.74, 6) is 0.949. The van der Waals surface area contributed by atoms with Crippen LogP contribution in [0.3, 0.4) is 0 Å². The standard InChI is InChI=1S/C23H41BN2O5/c1-13(2)10-18(26-19(27)14(3)25-20(28)29-21(4,5)6)24-30-17-12-15-11-16(22(15,7)8)23(17,9)31-24/h13-18H,10-12H2,1-9H3,(H,25,28)(H,26,27)/t14-,15-,16-,17+,18-,23-/m0/s1. The Hall–Kier alpha value is -1.28. The van der Waals surface area contributed by atoms with Crippen LogP contribution in [0.4, 0.5) is 4.79 Å². The molecule has 4 fully saturated rings. The highest BCUT2D eigenvalue weighted by molar-refractivity contribution is 6.47. The zero-order valence-corrected chi connectivity index (χ0v) is 20.7. The van der Waals surface area contributed by atoms with Crippen molar-refractivity contribution >= 4 is 19.1 Å². The van der Waals surface area contributed by atoms with Gasteiger partial charge in [0.15, 0.2) is 0 Å². The van der Waals surface area contributed by atoms with Gasteiger partial charge in [0.25, 0.3) is 0 Å². The van der Waals surface area contributed by atoms with E-state index in [1.54, 1.807) is 27.7 Å². The Labute approximate surface area is 187 Å². The molecule has 1 saturated heterocycles. The van der Waals surface area contributed by atoms with Crippen molar-refractivity contribution in [2.45, 2.75) is 111 Å². The van der Waals surface area contributed by atoms with Gasteiger partial charge in [-0.2, -0.15) is 0 Å². The fourth-order valence-corrected chi connectivity index (χ4v) is 5.67. The molecular weight excluding hydrogens is 395 g/mol. The Morgan fingerprint density at radius 2 is 1.77 bits per heavy atom. The number of amides is 2. The normalized spacial score (nSPS) is 33.2. The minimum atomic E-state index is -0.726. The molecule has 0 aromatic carbocycles. The summed E-state index contributed by atoms with van der Waals surface area (Å²) >= 11 is 0. The Balaban J connectivity index is 1.65. The predicted molar refractivity (Wildman–Crippen MR) is 120 cm³/mol. The van der Waals surface area contributed by atoms with Gasteiger partial charge < -0.3 is 24.7 Å². The van der Waals surface area contributed by atoms with Gasteiger partial charge in [0, 0.05) is 0 Å². The second-order valence-electron chi connectivity index (χ2n) is 11.9. The topological polar surface area (TPSA) is 85.9 Å². The number of hydrogen-bond donors (Lipinski definition) is 2. The monoisotopic (exact) mass is 436 g/mol. The van der Waals surface area contributed by atoms with Crippen molar-refractivity contribution in [3.8, 4) is 0 Å². The molecule has 4 rings (SSSR count). The predicted octanol–water partition coefficient (Wildman–Crippen LogP) is 3.70. The largest absolute Gasteiger partial charge is 0.481 e. The maximum Gasteiger partial charge on any atom is 0.481 e. The first-order chi connectivity index (χ1) is 14.1. The molecular formula is C23H41BN2O5. The highest BCUT2D eigenvalue weighted by Gasteiger charge is 2.68. The average Bonchev–Trinajstić information content (AvgIpc) is 2.95. The van der Waals surface area contributed by atoms with E-state index in [0.29, 0.717) is 17.8 Å². The molecule has 0 aromatic rings. The van der Waals surface area contributed by atoms with E-state index in [1.807, 2.05) is 0 Å². The van der Waals surface area contributed by atoms with Gasteiger partial charge in [0.2, 0.25) is 5.91 Å². The summed E-state index contributed by atoms with van der Waals surface area (Å²) in [6, 6.07) is -0.726. The summed E-state index contributed by atoms with van der Waals surface area (Å²) in [5.41, 5.74) is -0.665. The molecule has 1 aliphatic heterocycles. The molecule has 31 heavy (non-hydrogen) atoms. The highest BCUT2D eigenvalue weighted by Crippen LogP contribution is 2.65. The van der Waals surface area contributed by atoms with Crippen LogP contribution in [0.2, 0.25) is 0 Å². The Morgan fingerprint density at radius 3 is 2.32 bits per heavy atom. The molecule has 2 N–H and O–H groups in total. The van der Waals surface area contributed by atoms with Crippen LogP contribution in [-0.2, 0) is 18.8 Å². The molecule has 0 spiro atoms.